The van der Waals surface area contributed by atoms with Crippen molar-refractivity contribution in [3.05, 3.63) is 0 Å². The smallest absolute Gasteiger partial charge is 0.303 e. The van der Waals surface area contributed by atoms with Gasteiger partial charge in [0.2, 0.25) is 0 Å². The van der Waals surface area contributed by atoms with Gasteiger partial charge in [0.15, 0.2) is 6.10 Å². The summed E-state index contributed by atoms with van der Waals surface area (Å²) in [6.07, 6.45) is 1.01. The van der Waals surface area contributed by atoms with E-state index in [1.165, 1.54) is 13.8 Å². The summed E-state index contributed by atoms with van der Waals surface area (Å²) in [7, 11) is 1.96. The van der Waals surface area contributed by atoms with Gasteiger partial charge in [0.25, 0.3) is 0 Å². The van der Waals surface area contributed by atoms with Crippen LogP contribution in [0.4, 0.5) is 0 Å². The number of hydrogen-bond acceptors (Lipinski definition) is 5. The summed E-state index contributed by atoms with van der Waals surface area (Å²) in [4.78, 5) is 24.0. The molecule has 0 amide bonds. The molecule has 0 aromatic carbocycles. The van der Waals surface area contributed by atoms with Gasteiger partial charge in [0, 0.05) is 20.4 Å². The average molecular weight is 229 g/mol. The van der Waals surface area contributed by atoms with E-state index in [4.69, 9.17) is 9.47 Å². The van der Waals surface area contributed by atoms with Crippen LogP contribution in [-0.4, -0.2) is 49.2 Å². The zero-order valence-corrected chi connectivity index (χ0v) is 10.1. The molecule has 5 nitrogen and oxygen atoms in total. The number of rotatable bonds is 2. The van der Waals surface area contributed by atoms with Gasteiger partial charge in [-0.2, -0.15) is 0 Å². The van der Waals surface area contributed by atoms with Gasteiger partial charge in [-0.1, -0.05) is 0 Å². The van der Waals surface area contributed by atoms with Gasteiger partial charge in [0.1, 0.15) is 6.10 Å². The van der Waals surface area contributed by atoms with Crippen LogP contribution in [0.15, 0.2) is 0 Å². The van der Waals surface area contributed by atoms with Crippen molar-refractivity contribution in [2.24, 2.45) is 0 Å². The summed E-state index contributed by atoms with van der Waals surface area (Å²) in [5, 5.41) is 0. The van der Waals surface area contributed by atoms with E-state index in [1.54, 1.807) is 0 Å². The van der Waals surface area contributed by atoms with Crippen LogP contribution in [0.2, 0.25) is 0 Å². The first-order valence-corrected chi connectivity index (χ1v) is 5.52. The fourth-order valence-electron chi connectivity index (χ4n) is 1.94. The second-order valence-corrected chi connectivity index (χ2v) is 4.20. The molecule has 1 rings (SSSR count). The van der Waals surface area contributed by atoms with E-state index in [0.29, 0.717) is 6.54 Å². The van der Waals surface area contributed by atoms with Crippen molar-refractivity contribution in [2.75, 3.05) is 20.1 Å². The van der Waals surface area contributed by atoms with Crippen LogP contribution in [-0.2, 0) is 19.1 Å². The molecule has 1 aliphatic heterocycles. The highest BCUT2D eigenvalue weighted by molar-refractivity contribution is 5.67. The van der Waals surface area contributed by atoms with E-state index >= 15 is 0 Å². The standard InChI is InChI=1S/C11H19NO4/c1-8(13)15-10-5-4-6-12(3)7-11(10)16-9(2)14/h10-11H,4-7H2,1-3H3. The van der Waals surface area contributed by atoms with Crippen LogP contribution in [0.1, 0.15) is 26.7 Å². The molecule has 16 heavy (non-hydrogen) atoms. The van der Waals surface area contributed by atoms with Crippen LogP contribution >= 0.6 is 0 Å². The summed E-state index contributed by atoms with van der Waals surface area (Å²) >= 11 is 0. The average Bonchev–Trinajstić information content (AvgIpc) is 2.27. The molecule has 92 valence electrons. The molecule has 2 atom stereocenters. The van der Waals surface area contributed by atoms with Crippen LogP contribution in [0.25, 0.3) is 0 Å². The summed E-state index contributed by atoms with van der Waals surface area (Å²) in [6.45, 7) is 4.28. The molecule has 1 saturated heterocycles. The van der Waals surface area contributed by atoms with Crippen molar-refractivity contribution < 1.29 is 19.1 Å². The van der Waals surface area contributed by atoms with Gasteiger partial charge < -0.3 is 14.4 Å². The predicted octanol–water partition coefficient (Wildman–Crippen LogP) is 0.575. The molecule has 0 saturated carbocycles. The number of hydrogen-bond donors (Lipinski definition) is 0. The second-order valence-electron chi connectivity index (χ2n) is 4.20. The summed E-state index contributed by atoms with van der Waals surface area (Å²) < 4.78 is 10.4. The Morgan fingerprint density at radius 2 is 1.69 bits per heavy atom. The van der Waals surface area contributed by atoms with Crippen molar-refractivity contribution in [1.29, 1.82) is 0 Å². The van der Waals surface area contributed by atoms with E-state index in [0.717, 1.165) is 19.4 Å². The maximum atomic E-state index is 11.0. The zero-order valence-electron chi connectivity index (χ0n) is 10.1. The molecule has 0 N–H and O–H groups in total. The molecular formula is C11H19NO4. The fraction of sp³-hybridized carbons (Fsp3) is 0.818. The SMILES string of the molecule is CC(=O)OC1CCCN(C)CC1OC(C)=O. The molecule has 0 aromatic heterocycles. The monoisotopic (exact) mass is 229 g/mol. The maximum absolute atomic E-state index is 11.0. The third-order valence-electron chi connectivity index (χ3n) is 2.57. The number of ether oxygens (including phenoxy) is 2. The van der Waals surface area contributed by atoms with Gasteiger partial charge >= 0.3 is 11.9 Å². The molecule has 1 fully saturated rings. The van der Waals surface area contributed by atoms with E-state index in [2.05, 4.69) is 4.90 Å². The topological polar surface area (TPSA) is 55.8 Å². The third-order valence-corrected chi connectivity index (χ3v) is 2.57. The molecule has 0 radical (unpaired) electrons. The first kappa shape index (κ1) is 13.0. The lowest BCUT2D eigenvalue weighted by Gasteiger charge is -2.25. The molecule has 1 heterocycles. The predicted molar refractivity (Wildman–Crippen MR) is 57.8 cm³/mol. The van der Waals surface area contributed by atoms with Crippen molar-refractivity contribution in [1.82, 2.24) is 4.90 Å². The van der Waals surface area contributed by atoms with Crippen LogP contribution in [0, 0.1) is 0 Å². The van der Waals surface area contributed by atoms with Crippen molar-refractivity contribution in [3.63, 3.8) is 0 Å². The Kier molecular flexibility index (Phi) is 4.73. The van der Waals surface area contributed by atoms with Crippen LogP contribution in [0.5, 0.6) is 0 Å². The Hall–Kier alpha value is -1.10. The van der Waals surface area contributed by atoms with Gasteiger partial charge in [-0.15, -0.1) is 0 Å². The van der Waals surface area contributed by atoms with Crippen molar-refractivity contribution >= 4 is 11.9 Å². The largest absolute Gasteiger partial charge is 0.459 e. The number of likely N-dealkylation sites (N-methyl/N-ethyl adjacent to an activating group) is 1. The van der Waals surface area contributed by atoms with Gasteiger partial charge in [-0.05, 0) is 26.4 Å². The summed E-state index contributed by atoms with van der Waals surface area (Å²) in [6, 6.07) is 0. The Labute approximate surface area is 95.7 Å². The number of carbonyl (C=O) groups excluding carboxylic acids is 2. The minimum absolute atomic E-state index is 0.314. The van der Waals surface area contributed by atoms with Gasteiger partial charge in [-0.3, -0.25) is 9.59 Å². The normalized spacial score (nSPS) is 26.9. The van der Waals surface area contributed by atoms with Gasteiger partial charge in [0.05, 0.1) is 0 Å². The van der Waals surface area contributed by atoms with Crippen molar-refractivity contribution in [3.8, 4) is 0 Å². The Morgan fingerprint density at radius 3 is 2.25 bits per heavy atom. The summed E-state index contributed by atoms with van der Waals surface area (Å²) in [5.74, 6) is -0.663. The summed E-state index contributed by atoms with van der Waals surface area (Å²) in [5.41, 5.74) is 0. The Morgan fingerprint density at radius 1 is 1.12 bits per heavy atom. The Bertz CT molecular complexity index is 267. The molecular weight excluding hydrogens is 210 g/mol. The third kappa shape index (κ3) is 4.18. The highest BCUT2D eigenvalue weighted by atomic mass is 16.6. The molecule has 2 unspecified atom stereocenters. The highest BCUT2D eigenvalue weighted by Crippen LogP contribution is 2.17. The second kappa shape index (κ2) is 5.84. The molecule has 0 aromatic rings. The fourth-order valence-corrected chi connectivity index (χ4v) is 1.94. The zero-order chi connectivity index (χ0) is 12.1. The van der Waals surface area contributed by atoms with Crippen LogP contribution in [0.3, 0.4) is 0 Å². The number of carbonyl (C=O) groups is 2. The molecule has 0 spiro atoms. The molecule has 1 aliphatic rings. The molecule has 5 heteroatoms. The first-order valence-electron chi connectivity index (χ1n) is 5.52. The lowest BCUT2D eigenvalue weighted by Crippen LogP contribution is -2.39. The number of esters is 2. The van der Waals surface area contributed by atoms with E-state index in [9.17, 15) is 9.59 Å². The lowest BCUT2D eigenvalue weighted by molar-refractivity contribution is -0.165. The molecule has 0 bridgehead atoms. The van der Waals surface area contributed by atoms with Gasteiger partial charge in [-0.25, -0.2) is 0 Å². The van der Waals surface area contributed by atoms with Crippen molar-refractivity contribution in [2.45, 2.75) is 38.9 Å². The first-order chi connectivity index (χ1) is 7.49. The lowest BCUT2D eigenvalue weighted by atomic mass is 10.1. The van der Waals surface area contributed by atoms with Crippen LogP contribution < -0.4 is 0 Å². The van der Waals surface area contributed by atoms with E-state index in [1.807, 2.05) is 7.05 Å². The Balaban J connectivity index is 2.66. The number of nitrogens with zero attached hydrogens (tertiary/aromatic N) is 1. The minimum Gasteiger partial charge on any atom is -0.459 e. The van der Waals surface area contributed by atoms with E-state index in [-0.39, 0.29) is 24.1 Å². The highest BCUT2D eigenvalue weighted by Gasteiger charge is 2.30. The number of likely N-dealkylation sites (tertiary alicyclic amines) is 1. The van der Waals surface area contributed by atoms with E-state index < -0.39 is 0 Å². The molecule has 0 aliphatic carbocycles. The minimum atomic E-state index is -0.353. The maximum Gasteiger partial charge on any atom is 0.303 e. The quantitative estimate of drug-likeness (QED) is 0.648.